The van der Waals surface area contributed by atoms with E-state index in [2.05, 4.69) is 5.32 Å². The first-order chi connectivity index (χ1) is 19.6. The molecular weight excluding hydrogens is 554 g/mol. The quantitative estimate of drug-likeness (QED) is 0.158. The molecule has 0 bridgehead atoms. The topological polar surface area (TPSA) is 228 Å². The standard InChI is InChI=1S/C28H53N3O11/c1-7-17-16(33)10-14(29)25(38-17)41-24-15(31-27(37)42-28(4,5)6)9-13(8-12(2)3)23(22(24)36)40-26-21(35)19(30)20(34)18(11-32)39-26/h12-26,32-36H,7-11,29-30H2,1-6H3,(H,31,37). The van der Waals surface area contributed by atoms with Gasteiger partial charge in [-0.2, -0.15) is 0 Å². The van der Waals surface area contributed by atoms with E-state index in [0.717, 1.165) is 0 Å². The van der Waals surface area contributed by atoms with Crippen molar-refractivity contribution in [2.75, 3.05) is 6.61 Å². The van der Waals surface area contributed by atoms with Crippen LogP contribution in [0.15, 0.2) is 0 Å². The Bertz CT molecular complexity index is 859. The maximum atomic E-state index is 12.9. The average molecular weight is 608 g/mol. The van der Waals surface area contributed by atoms with Crippen LogP contribution in [0.25, 0.3) is 0 Å². The summed E-state index contributed by atoms with van der Waals surface area (Å²) in [6, 6.07) is -2.62. The first-order valence-corrected chi connectivity index (χ1v) is 15.0. The van der Waals surface area contributed by atoms with Crippen LogP contribution >= 0.6 is 0 Å². The number of aliphatic hydroxyl groups is 5. The second-order valence-corrected chi connectivity index (χ2v) is 13.3. The minimum absolute atomic E-state index is 0.168. The van der Waals surface area contributed by atoms with Crippen molar-refractivity contribution < 1.29 is 54.0 Å². The second-order valence-electron chi connectivity index (χ2n) is 13.3. The summed E-state index contributed by atoms with van der Waals surface area (Å²) in [5, 5.41) is 55.7. The SMILES string of the molecule is CCC1OC(OC2C(NC(=O)OC(C)(C)C)CC(CC(C)C)C(OC3OC(CO)C(O)C(N)C3O)C2O)C(N)CC1O. The highest BCUT2D eigenvalue weighted by atomic mass is 16.7. The van der Waals surface area contributed by atoms with Crippen LogP contribution in [0.5, 0.6) is 0 Å². The lowest BCUT2D eigenvalue weighted by atomic mass is 9.75. The van der Waals surface area contributed by atoms with Crippen LogP contribution in [-0.2, 0) is 23.7 Å². The first-order valence-electron chi connectivity index (χ1n) is 15.0. The zero-order chi connectivity index (χ0) is 31.5. The summed E-state index contributed by atoms with van der Waals surface area (Å²) in [6.07, 6.45) is -10.1. The summed E-state index contributed by atoms with van der Waals surface area (Å²) in [4.78, 5) is 12.9. The van der Waals surface area contributed by atoms with Crippen LogP contribution < -0.4 is 16.8 Å². The highest BCUT2D eigenvalue weighted by Gasteiger charge is 2.52. The van der Waals surface area contributed by atoms with Crippen LogP contribution in [0.1, 0.15) is 67.2 Å². The summed E-state index contributed by atoms with van der Waals surface area (Å²) in [5.41, 5.74) is 11.5. The molecule has 0 aromatic heterocycles. The van der Waals surface area contributed by atoms with Crippen molar-refractivity contribution in [2.24, 2.45) is 23.3 Å². The number of rotatable bonds is 9. The zero-order valence-electron chi connectivity index (χ0n) is 25.5. The summed E-state index contributed by atoms with van der Waals surface area (Å²) >= 11 is 0. The molecule has 14 nitrogen and oxygen atoms in total. The van der Waals surface area contributed by atoms with E-state index in [-0.39, 0.29) is 18.3 Å². The van der Waals surface area contributed by atoms with E-state index in [1.807, 2.05) is 20.8 Å². The monoisotopic (exact) mass is 607 g/mol. The van der Waals surface area contributed by atoms with Gasteiger partial charge >= 0.3 is 6.09 Å². The Balaban J connectivity index is 1.92. The van der Waals surface area contributed by atoms with E-state index < -0.39 is 97.8 Å². The Labute approximate surface area is 248 Å². The minimum Gasteiger partial charge on any atom is -0.444 e. The van der Waals surface area contributed by atoms with Crippen molar-refractivity contribution in [1.82, 2.24) is 5.32 Å². The van der Waals surface area contributed by atoms with Gasteiger partial charge in [0.25, 0.3) is 0 Å². The number of amides is 1. The number of hydrogen-bond donors (Lipinski definition) is 8. The Kier molecular flexibility index (Phi) is 12.4. The molecule has 1 aliphatic carbocycles. The van der Waals surface area contributed by atoms with Gasteiger partial charge in [-0.25, -0.2) is 4.79 Å². The molecule has 3 fully saturated rings. The van der Waals surface area contributed by atoms with E-state index >= 15 is 0 Å². The molecule has 0 radical (unpaired) electrons. The van der Waals surface area contributed by atoms with Gasteiger partial charge in [0, 0.05) is 0 Å². The van der Waals surface area contributed by atoms with E-state index in [9.17, 15) is 30.3 Å². The van der Waals surface area contributed by atoms with Crippen LogP contribution in [0.3, 0.4) is 0 Å². The molecular formula is C28H53N3O11. The largest absolute Gasteiger partial charge is 0.444 e. The average Bonchev–Trinajstić information content (AvgIpc) is 2.88. The van der Waals surface area contributed by atoms with E-state index in [1.54, 1.807) is 20.8 Å². The van der Waals surface area contributed by atoms with Crippen molar-refractivity contribution in [3.63, 3.8) is 0 Å². The predicted octanol–water partition coefficient (Wildman–Crippen LogP) is -0.943. The van der Waals surface area contributed by atoms with Crippen molar-refractivity contribution in [3.05, 3.63) is 0 Å². The van der Waals surface area contributed by atoms with Gasteiger partial charge in [0.1, 0.15) is 36.1 Å². The summed E-state index contributed by atoms with van der Waals surface area (Å²) in [7, 11) is 0. The van der Waals surface area contributed by atoms with Crippen LogP contribution in [-0.4, -0.2) is 123 Å². The molecule has 1 amide bonds. The second kappa shape index (κ2) is 14.7. The molecule has 14 heteroatoms. The van der Waals surface area contributed by atoms with Gasteiger partial charge in [0.15, 0.2) is 12.6 Å². The predicted molar refractivity (Wildman–Crippen MR) is 150 cm³/mol. The maximum Gasteiger partial charge on any atom is 0.407 e. The fourth-order valence-corrected chi connectivity index (χ4v) is 6.05. The molecule has 2 aliphatic heterocycles. The zero-order valence-corrected chi connectivity index (χ0v) is 25.5. The Hall–Kier alpha value is -1.17. The van der Waals surface area contributed by atoms with Crippen LogP contribution in [0.4, 0.5) is 4.79 Å². The molecule has 42 heavy (non-hydrogen) atoms. The number of carbonyl (C=O) groups excluding carboxylic acids is 1. The number of ether oxygens (including phenoxy) is 5. The van der Waals surface area contributed by atoms with E-state index in [4.69, 9.17) is 35.2 Å². The fraction of sp³-hybridized carbons (Fsp3) is 0.964. The molecule has 1 saturated carbocycles. The third-order valence-electron chi connectivity index (χ3n) is 8.09. The number of nitrogens with two attached hydrogens (primary N) is 2. The van der Waals surface area contributed by atoms with E-state index in [1.165, 1.54) is 0 Å². The molecule has 14 unspecified atom stereocenters. The van der Waals surface area contributed by atoms with Gasteiger partial charge < -0.3 is 66.0 Å². The highest BCUT2D eigenvalue weighted by molar-refractivity contribution is 5.68. The third kappa shape index (κ3) is 8.72. The Morgan fingerprint density at radius 3 is 2.14 bits per heavy atom. The smallest absolute Gasteiger partial charge is 0.407 e. The number of hydrogen-bond acceptors (Lipinski definition) is 13. The lowest BCUT2D eigenvalue weighted by Crippen LogP contribution is -2.67. The number of nitrogens with one attached hydrogen (secondary N) is 1. The molecule has 2 saturated heterocycles. The first kappa shape index (κ1) is 35.3. The van der Waals surface area contributed by atoms with Crippen LogP contribution in [0, 0.1) is 11.8 Å². The Morgan fingerprint density at radius 1 is 0.952 bits per heavy atom. The van der Waals surface area contributed by atoms with Gasteiger partial charge in [-0.1, -0.05) is 20.8 Å². The van der Waals surface area contributed by atoms with Crippen LogP contribution in [0.2, 0.25) is 0 Å². The molecule has 14 atom stereocenters. The molecule has 2 heterocycles. The fourth-order valence-electron chi connectivity index (χ4n) is 6.05. The van der Waals surface area contributed by atoms with Gasteiger partial charge in [0.05, 0.1) is 43.0 Å². The highest BCUT2D eigenvalue weighted by Crippen LogP contribution is 2.38. The van der Waals surface area contributed by atoms with Crippen molar-refractivity contribution in [2.45, 2.75) is 152 Å². The van der Waals surface area contributed by atoms with Gasteiger partial charge in [-0.3, -0.25) is 0 Å². The lowest BCUT2D eigenvalue weighted by Gasteiger charge is -2.49. The molecule has 3 rings (SSSR count). The normalized spacial score (nSPS) is 43.3. The van der Waals surface area contributed by atoms with Gasteiger partial charge in [0.2, 0.25) is 0 Å². The summed E-state index contributed by atoms with van der Waals surface area (Å²) in [5.74, 6) is -0.182. The van der Waals surface area contributed by atoms with E-state index in [0.29, 0.717) is 19.3 Å². The molecule has 10 N–H and O–H groups in total. The van der Waals surface area contributed by atoms with Crippen molar-refractivity contribution in [1.29, 1.82) is 0 Å². The minimum atomic E-state index is -1.45. The van der Waals surface area contributed by atoms with Crippen molar-refractivity contribution >= 4 is 6.09 Å². The Morgan fingerprint density at radius 2 is 1.57 bits per heavy atom. The summed E-state index contributed by atoms with van der Waals surface area (Å²) < 4.78 is 29.6. The van der Waals surface area contributed by atoms with Gasteiger partial charge in [-0.15, -0.1) is 0 Å². The third-order valence-corrected chi connectivity index (χ3v) is 8.09. The molecule has 0 aromatic rings. The number of alkyl carbamates (subject to hydrolysis) is 1. The number of aliphatic hydroxyl groups excluding tert-OH is 5. The molecule has 246 valence electrons. The molecule has 3 aliphatic rings. The maximum absolute atomic E-state index is 12.9. The lowest BCUT2D eigenvalue weighted by molar-refractivity contribution is -0.321. The molecule has 0 aromatic carbocycles. The number of carbonyl (C=O) groups is 1. The molecule has 0 spiro atoms. The van der Waals surface area contributed by atoms with Gasteiger partial charge in [-0.05, 0) is 58.3 Å². The summed E-state index contributed by atoms with van der Waals surface area (Å²) in [6.45, 7) is 10.5. The van der Waals surface area contributed by atoms with Crippen molar-refractivity contribution in [3.8, 4) is 0 Å².